The van der Waals surface area contributed by atoms with Crippen LogP contribution in [0.1, 0.15) is 28.7 Å². The molecule has 29 heavy (non-hydrogen) atoms. The maximum absolute atomic E-state index is 11.9. The third-order valence-electron chi connectivity index (χ3n) is 3.93. The van der Waals surface area contributed by atoms with E-state index in [-0.39, 0.29) is 13.0 Å². The number of anilines is 1. The van der Waals surface area contributed by atoms with Crippen LogP contribution in [0.25, 0.3) is 10.2 Å². The van der Waals surface area contributed by atoms with Crippen molar-refractivity contribution in [3.05, 3.63) is 59.1 Å². The number of aromatic nitrogens is 1. The number of carbonyl (C=O) groups excluding carboxylic acids is 3. The van der Waals surface area contributed by atoms with Gasteiger partial charge in [-0.2, -0.15) is 0 Å². The van der Waals surface area contributed by atoms with Gasteiger partial charge in [-0.05, 0) is 43.3 Å². The fourth-order valence-corrected chi connectivity index (χ4v) is 3.52. The molecule has 7 nitrogen and oxygen atoms in total. The zero-order valence-electron chi connectivity index (χ0n) is 15.8. The van der Waals surface area contributed by atoms with Crippen molar-refractivity contribution in [3.63, 3.8) is 0 Å². The smallest absolute Gasteiger partial charge is 0.338 e. The van der Waals surface area contributed by atoms with Crippen molar-refractivity contribution in [2.24, 2.45) is 0 Å². The number of hydrogen-bond acceptors (Lipinski definition) is 7. The fourth-order valence-electron chi connectivity index (χ4n) is 2.56. The summed E-state index contributed by atoms with van der Waals surface area (Å²) in [7, 11) is 0. The maximum atomic E-state index is 11.9. The number of ether oxygens (including phenoxy) is 2. The first-order valence-corrected chi connectivity index (χ1v) is 9.94. The zero-order chi connectivity index (χ0) is 20.6. The standard InChI is InChI=1S/C21H20N2O5S/c1-2-27-21(26)14-7-9-15(10-8-14)22-18(24)13-28-20(25)12-11-19-23-16-5-3-4-6-17(16)29-19/h3-10H,2,11-13H2,1H3,(H,22,24). The summed E-state index contributed by atoms with van der Waals surface area (Å²) in [6.07, 6.45) is 0.621. The summed E-state index contributed by atoms with van der Waals surface area (Å²) in [5, 5.41) is 3.46. The molecule has 0 bridgehead atoms. The molecular weight excluding hydrogens is 392 g/mol. The molecule has 150 valence electrons. The molecular formula is C21H20N2O5S. The number of esters is 2. The lowest BCUT2D eigenvalue weighted by atomic mass is 10.2. The van der Waals surface area contributed by atoms with Crippen LogP contribution >= 0.6 is 11.3 Å². The van der Waals surface area contributed by atoms with Crippen molar-refractivity contribution < 1.29 is 23.9 Å². The van der Waals surface area contributed by atoms with E-state index in [0.29, 0.717) is 24.3 Å². The second-order valence-corrected chi connectivity index (χ2v) is 7.20. The lowest BCUT2D eigenvalue weighted by molar-refractivity contribution is -0.147. The number of amides is 1. The van der Waals surface area contributed by atoms with Gasteiger partial charge in [0.05, 0.1) is 33.8 Å². The summed E-state index contributed by atoms with van der Waals surface area (Å²) in [5.41, 5.74) is 1.80. The first-order valence-electron chi connectivity index (χ1n) is 9.12. The highest BCUT2D eigenvalue weighted by molar-refractivity contribution is 7.18. The fraction of sp³-hybridized carbons (Fsp3) is 0.238. The van der Waals surface area contributed by atoms with E-state index in [1.165, 1.54) is 0 Å². The molecule has 0 saturated carbocycles. The summed E-state index contributed by atoms with van der Waals surface area (Å²) in [5.74, 6) is -1.34. The summed E-state index contributed by atoms with van der Waals surface area (Å²) in [6, 6.07) is 14.0. The van der Waals surface area contributed by atoms with Gasteiger partial charge in [0.25, 0.3) is 5.91 Å². The number of benzene rings is 2. The Labute approximate surface area is 171 Å². The van der Waals surface area contributed by atoms with Gasteiger partial charge in [0.2, 0.25) is 0 Å². The average molecular weight is 412 g/mol. The van der Waals surface area contributed by atoms with Crippen LogP contribution in [0, 0.1) is 0 Å². The molecule has 1 amide bonds. The Bertz CT molecular complexity index is 980. The van der Waals surface area contributed by atoms with Crippen molar-refractivity contribution in [2.75, 3.05) is 18.5 Å². The van der Waals surface area contributed by atoms with E-state index in [1.807, 2.05) is 24.3 Å². The topological polar surface area (TPSA) is 94.6 Å². The van der Waals surface area contributed by atoms with Gasteiger partial charge >= 0.3 is 11.9 Å². The van der Waals surface area contributed by atoms with E-state index >= 15 is 0 Å². The predicted molar refractivity (Wildman–Crippen MR) is 110 cm³/mol. The Kier molecular flexibility index (Phi) is 6.91. The van der Waals surface area contributed by atoms with Crippen LogP contribution < -0.4 is 5.32 Å². The van der Waals surface area contributed by atoms with Crippen molar-refractivity contribution in [1.82, 2.24) is 4.98 Å². The number of nitrogens with one attached hydrogen (secondary N) is 1. The average Bonchev–Trinajstić information content (AvgIpc) is 3.14. The highest BCUT2D eigenvalue weighted by Crippen LogP contribution is 2.22. The van der Waals surface area contributed by atoms with E-state index in [0.717, 1.165) is 15.2 Å². The Morgan fingerprint density at radius 3 is 2.52 bits per heavy atom. The molecule has 1 heterocycles. The summed E-state index contributed by atoms with van der Waals surface area (Å²) in [6.45, 7) is 1.65. The van der Waals surface area contributed by atoms with E-state index < -0.39 is 17.8 Å². The van der Waals surface area contributed by atoms with Crippen molar-refractivity contribution in [1.29, 1.82) is 0 Å². The number of rotatable bonds is 8. The van der Waals surface area contributed by atoms with Crippen LogP contribution in [0.15, 0.2) is 48.5 Å². The van der Waals surface area contributed by atoms with Gasteiger partial charge in [-0.25, -0.2) is 9.78 Å². The molecule has 0 aliphatic heterocycles. The van der Waals surface area contributed by atoms with Gasteiger partial charge in [0.1, 0.15) is 0 Å². The van der Waals surface area contributed by atoms with Crippen molar-refractivity contribution >= 4 is 45.1 Å². The highest BCUT2D eigenvalue weighted by atomic mass is 32.1. The minimum atomic E-state index is -0.461. The van der Waals surface area contributed by atoms with Crippen molar-refractivity contribution in [3.8, 4) is 0 Å². The first-order chi connectivity index (χ1) is 14.0. The van der Waals surface area contributed by atoms with Crippen molar-refractivity contribution in [2.45, 2.75) is 19.8 Å². The van der Waals surface area contributed by atoms with Crippen LogP contribution in [-0.4, -0.2) is 36.0 Å². The molecule has 0 atom stereocenters. The molecule has 8 heteroatoms. The molecule has 0 aliphatic carbocycles. The quantitative estimate of drug-likeness (QED) is 0.568. The highest BCUT2D eigenvalue weighted by Gasteiger charge is 2.11. The monoisotopic (exact) mass is 412 g/mol. The van der Waals surface area contributed by atoms with Gasteiger partial charge < -0.3 is 14.8 Å². The normalized spacial score (nSPS) is 10.5. The third-order valence-corrected chi connectivity index (χ3v) is 5.02. The Balaban J connectivity index is 1.41. The number of aryl methyl sites for hydroxylation is 1. The molecule has 0 spiro atoms. The molecule has 0 aliphatic rings. The molecule has 0 saturated heterocycles. The van der Waals surface area contributed by atoms with E-state index in [9.17, 15) is 14.4 Å². The first kappa shape index (κ1) is 20.5. The van der Waals surface area contributed by atoms with Crippen LogP contribution in [-0.2, 0) is 25.5 Å². The molecule has 2 aromatic carbocycles. The van der Waals surface area contributed by atoms with Crippen LogP contribution in [0.5, 0.6) is 0 Å². The Hall–Kier alpha value is -3.26. The predicted octanol–water partition coefficient (Wildman–Crippen LogP) is 3.59. The second kappa shape index (κ2) is 9.79. The summed E-state index contributed by atoms with van der Waals surface area (Å²) >= 11 is 1.54. The zero-order valence-corrected chi connectivity index (χ0v) is 16.7. The summed E-state index contributed by atoms with van der Waals surface area (Å²) in [4.78, 5) is 39.9. The molecule has 0 fully saturated rings. The van der Waals surface area contributed by atoms with Crippen LogP contribution in [0.4, 0.5) is 5.69 Å². The minimum absolute atomic E-state index is 0.154. The number of carbonyl (C=O) groups is 3. The number of thiazole rings is 1. The molecule has 1 N–H and O–H groups in total. The van der Waals surface area contributed by atoms with Gasteiger partial charge in [0, 0.05) is 12.1 Å². The maximum Gasteiger partial charge on any atom is 0.338 e. The Morgan fingerprint density at radius 2 is 1.79 bits per heavy atom. The van der Waals surface area contributed by atoms with Gasteiger partial charge in [-0.3, -0.25) is 9.59 Å². The van der Waals surface area contributed by atoms with Crippen LogP contribution in [0.3, 0.4) is 0 Å². The lowest BCUT2D eigenvalue weighted by Crippen LogP contribution is -2.21. The van der Waals surface area contributed by atoms with Gasteiger partial charge in [-0.1, -0.05) is 12.1 Å². The largest absolute Gasteiger partial charge is 0.462 e. The van der Waals surface area contributed by atoms with E-state index in [4.69, 9.17) is 9.47 Å². The number of nitrogens with zero attached hydrogens (tertiary/aromatic N) is 1. The molecule has 0 radical (unpaired) electrons. The molecule has 3 aromatic rings. The third kappa shape index (κ3) is 5.86. The van der Waals surface area contributed by atoms with E-state index in [1.54, 1.807) is 42.5 Å². The molecule has 0 unspecified atom stereocenters. The summed E-state index contributed by atoms with van der Waals surface area (Å²) < 4.78 is 11.0. The number of hydrogen-bond donors (Lipinski definition) is 1. The lowest BCUT2D eigenvalue weighted by Gasteiger charge is -2.07. The van der Waals surface area contributed by atoms with E-state index in [2.05, 4.69) is 10.3 Å². The van der Waals surface area contributed by atoms with Crippen LogP contribution in [0.2, 0.25) is 0 Å². The number of para-hydroxylation sites is 1. The molecule has 3 rings (SSSR count). The van der Waals surface area contributed by atoms with Gasteiger partial charge in [0.15, 0.2) is 6.61 Å². The molecule has 1 aromatic heterocycles. The second-order valence-electron chi connectivity index (χ2n) is 6.08. The van der Waals surface area contributed by atoms with Gasteiger partial charge in [-0.15, -0.1) is 11.3 Å². The Morgan fingerprint density at radius 1 is 1.03 bits per heavy atom. The number of fused-ring (bicyclic) bond motifs is 1. The minimum Gasteiger partial charge on any atom is -0.462 e. The SMILES string of the molecule is CCOC(=O)c1ccc(NC(=O)COC(=O)CCc2nc3ccccc3s2)cc1.